The van der Waals surface area contributed by atoms with Crippen molar-refractivity contribution in [2.24, 2.45) is 5.73 Å². The topological polar surface area (TPSA) is 57.0 Å². The van der Waals surface area contributed by atoms with E-state index in [9.17, 15) is 0 Å². The molecule has 0 saturated carbocycles. The van der Waals surface area contributed by atoms with Gasteiger partial charge in [-0.05, 0) is 6.92 Å². The van der Waals surface area contributed by atoms with E-state index in [0.717, 1.165) is 5.69 Å². The molecular weight excluding hydrogens is 232 g/mol. The molecule has 0 saturated heterocycles. The van der Waals surface area contributed by atoms with Gasteiger partial charge < -0.3 is 24.8 Å². The van der Waals surface area contributed by atoms with E-state index in [0.29, 0.717) is 23.8 Å². The van der Waals surface area contributed by atoms with Gasteiger partial charge in [0.25, 0.3) is 0 Å². The lowest BCUT2D eigenvalue weighted by Gasteiger charge is -2.29. The largest absolute Gasteiger partial charge is 0.496 e. The van der Waals surface area contributed by atoms with Gasteiger partial charge in [-0.1, -0.05) is 0 Å². The van der Waals surface area contributed by atoms with Gasteiger partial charge >= 0.3 is 0 Å². The third-order valence-electron chi connectivity index (χ3n) is 3.04. The number of ether oxygens (including phenoxy) is 3. The minimum Gasteiger partial charge on any atom is -0.496 e. The van der Waals surface area contributed by atoms with Gasteiger partial charge in [0.15, 0.2) is 0 Å². The van der Waals surface area contributed by atoms with E-state index in [-0.39, 0.29) is 6.04 Å². The number of hydrogen-bond donors (Lipinski definition) is 1. The van der Waals surface area contributed by atoms with Crippen LogP contribution in [0.5, 0.6) is 17.2 Å². The third-order valence-corrected chi connectivity index (χ3v) is 3.04. The quantitative estimate of drug-likeness (QED) is 0.833. The van der Waals surface area contributed by atoms with Crippen molar-refractivity contribution >= 4 is 5.69 Å². The Hall–Kier alpha value is -1.62. The lowest BCUT2D eigenvalue weighted by molar-refractivity contribution is 0.374. The first-order valence-electron chi connectivity index (χ1n) is 5.81. The summed E-state index contributed by atoms with van der Waals surface area (Å²) in [4.78, 5) is 2.04. The smallest absolute Gasteiger partial charge is 0.149 e. The molecule has 1 rings (SSSR count). The van der Waals surface area contributed by atoms with E-state index >= 15 is 0 Å². The van der Waals surface area contributed by atoms with Gasteiger partial charge in [0, 0.05) is 31.8 Å². The average molecular weight is 254 g/mol. The summed E-state index contributed by atoms with van der Waals surface area (Å²) in [5, 5.41) is 0. The van der Waals surface area contributed by atoms with Gasteiger partial charge in [-0.2, -0.15) is 0 Å². The van der Waals surface area contributed by atoms with Crippen LogP contribution in [-0.2, 0) is 0 Å². The Morgan fingerprint density at radius 1 is 1.11 bits per heavy atom. The Balaban J connectivity index is 3.30. The molecule has 1 unspecified atom stereocenters. The third kappa shape index (κ3) is 2.79. The summed E-state index contributed by atoms with van der Waals surface area (Å²) < 4.78 is 16.0. The van der Waals surface area contributed by atoms with Gasteiger partial charge in [0.2, 0.25) is 0 Å². The number of nitrogens with zero attached hydrogens (tertiary/aromatic N) is 1. The summed E-state index contributed by atoms with van der Waals surface area (Å²) >= 11 is 0. The fourth-order valence-corrected chi connectivity index (χ4v) is 1.71. The van der Waals surface area contributed by atoms with Gasteiger partial charge in [0.05, 0.1) is 21.3 Å². The zero-order valence-corrected chi connectivity index (χ0v) is 11.7. The van der Waals surface area contributed by atoms with Crippen LogP contribution in [0.1, 0.15) is 6.92 Å². The zero-order valence-electron chi connectivity index (χ0n) is 11.7. The fourth-order valence-electron chi connectivity index (χ4n) is 1.71. The van der Waals surface area contributed by atoms with Crippen molar-refractivity contribution in [1.82, 2.24) is 0 Å². The fraction of sp³-hybridized carbons (Fsp3) is 0.538. The molecule has 0 spiro atoms. The molecule has 0 aliphatic rings. The van der Waals surface area contributed by atoms with Crippen molar-refractivity contribution in [2.75, 3.05) is 39.8 Å². The Morgan fingerprint density at radius 2 is 1.61 bits per heavy atom. The second kappa shape index (κ2) is 6.35. The number of likely N-dealkylation sites (N-methyl/N-ethyl adjacent to an activating group) is 1. The molecule has 0 bridgehead atoms. The van der Waals surface area contributed by atoms with Crippen LogP contribution in [0, 0.1) is 0 Å². The molecule has 102 valence electrons. The van der Waals surface area contributed by atoms with E-state index in [1.165, 1.54) is 0 Å². The van der Waals surface area contributed by atoms with Crippen molar-refractivity contribution in [2.45, 2.75) is 13.0 Å². The number of rotatable bonds is 6. The van der Waals surface area contributed by atoms with Crippen LogP contribution in [0.2, 0.25) is 0 Å². The lowest BCUT2D eigenvalue weighted by Crippen LogP contribution is -2.35. The Kier molecular flexibility index (Phi) is 5.09. The summed E-state index contributed by atoms with van der Waals surface area (Å²) in [5.41, 5.74) is 6.58. The van der Waals surface area contributed by atoms with Gasteiger partial charge in [-0.3, -0.25) is 0 Å². The molecule has 5 nitrogen and oxygen atoms in total. The predicted octanol–water partition coefficient (Wildman–Crippen LogP) is 1.50. The highest BCUT2D eigenvalue weighted by Crippen LogP contribution is 2.41. The van der Waals surface area contributed by atoms with Crippen LogP contribution in [0.4, 0.5) is 5.69 Å². The maximum absolute atomic E-state index is 5.70. The molecule has 0 amide bonds. The lowest BCUT2D eigenvalue weighted by atomic mass is 10.2. The summed E-state index contributed by atoms with van der Waals surface area (Å²) in [6, 6.07) is 3.84. The molecular formula is C13H22N2O3. The number of methoxy groups -OCH3 is 3. The van der Waals surface area contributed by atoms with Gasteiger partial charge in [-0.25, -0.2) is 0 Å². The van der Waals surface area contributed by atoms with Crippen LogP contribution in [0.15, 0.2) is 12.1 Å². The highest BCUT2D eigenvalue weighted by atomic mass is 16.5. The van der Waals surface area contributed by atoms with Crippen molar-refractivity contribution in [3.8, 4) is 17.2 Å². The first-order valence-corrected chi connectivity index (χ1v) is 5.81. The monoisotopic (exact) mass is 254 g/mol. The van der Waals surface area contributed by atoms with Crippen LogP contribution < -0.4 is 24.8 Å². The van der Waals surface area contributed by atoms with Gasteiger partial charge in [-0.15, -0.1) is 0 Å². The molecule has 1 aromatic rings. The molecule has 0 heterocycles. The van der Waals surface area contributed by atoms with Crippen molar-refractivity contribution < 1.29 is 14.2 Å². The van der Waals surface area contributed by atoms with Crippen LogP contribution in [0.25, 0.3) is 0 Å². The molecule has 2 N–H and O–H groups in total. The second-order valence-corrected chi connectivity index (χ2v) is 4.08. The van der Waals surface area contributed by atoms with Crippen LogP contribution >= 0.6 is 0 Å². The predicted molar refractivity (Wildman–Crippen MR) is 73.0 cm³/mol. The van der Waals surface area contributed by atoms with Crippen molar-refractivity contribution in [1.29, 1.82) is 0 Å². The standard InChI is InChI=1S/C13H22N2O3/c1-9(8-14)15(2)13-11(17-4)6-10(16-3)7-12(13)18-5/h6-7,9H,8,14H2,1-5H3. The summed E-state index contributed by atoms with van der Waals surface area (Å²) in [6.45, 7) is 2.60. The highest BCUT2D eigenvalue weighted by Gasteiger charge is 2.19. The van der Waals surface area contributed by atoms with E-state index in [1.807, 2.05) is 31.0 Å². The average Bonchev–Trinajstić information content (AvgIpc) is 2.43. The molecule has 0 radical (unpaired) electrons. The molecule has 1 atom stereocenters. The number of nitrogens with two attached hydrogens (primary N) is 1. The number of hydrogen-bond acceptors (Lipinski definition) is 5. The molecule has 0 aliphatic heterocycles. The van der Waals surface area contributed by atoms with Crippen LogP contribution in [-0.4, -0.2) is 41.0 Å². The second-order valence-electron chi connectivity index (χ2n) is 4.08. The summed E-state index contributed by atoms with van der Waals surface area (Å²) in [7, 11) is 6.82. The van der Waals surface area contributed by atoms with Crippen LogP contribution in [0.3, 0.4) is 0 Å². The maximum atomic E-state index is 5.70. The summed E-state index contributed by atoms with van der Waals surface area (Å²) in [5.74, 6) is 2.10. The van der Waals surface area contributed by atoms with Gasteiger partial charge in [0.1, 0.15) is 22.9 Å². The number of benzene rings is 1. The van der Waals surface area contributed by atoms with E-state index in [1.54, 1.807) is 21.3 Å². The Morgan fingerprint density at radius 3 is 1.94 bits per heavy atom. The molecule has 18 heavy (non-hydrogen) atoms. The van der Waals surface area contributed by atoms with E-state index in [2.05, 4.69) is 0 Å². The SMILES string of the molecule is COc1cc(OC)c(N(C)C(C)CN)c(OC)c1. The van der Waals surface area contributed by atoms with E-state index in [4.69, 9.17) is 19.9 Å². The molecule has 0 aliphatic carbocycles. The molecule has 1 aromatic carbocycles. The Labute approximate surface area is 108 Å². The normalized spacial score (nSPS) is 11.9. The first-order chi connectivity index (χ1) is 8.58. The number of anilines is 1. The van der Waals surface area contributed by atoms with Crippen molar-refractivity contribution in [3.05, 3.63) is 12.1 Å². The van der Waals surface area contributed by atoms with Crippen molar-refractivity contribution in [3.63, 3.8) is 0 Å². The maximum Gasteiger partial charge on any atom is 0.149 e. The zero-order chi connectivity index (χ0) is 13.7. The first kappa shape index (κ1) is 14.4. The molecule has 5 heteroatoms. The molecule has 0 fully saturated rings. The summed E-state index contributed by atoms with van der Waals surface area (Å²) in [6.07, 6.45) is 0. The van der Waals surface area contributed by atoms with E-state index < -0.39 is 0 Å². The minimum absolute atomic E-state index is 0.182. The molecule has 0 aromatic heterocycles. The highest BCUT2D eigenvalue weighted by molar-refractivity contribution is 5.70. The minimum atomic E-state index is 0.182. The Bertz CT molecular complexity index is 371.